The van der Waals surface area contributed by atoms with E-state index in [9.17, 15) is 14.4 Å². The van der Waals surface area contributed by atoms with Crippen LogP contribution in [0, 0.1) is 5.41 Å². The van der Waals surface area contributed by atoms with E-state index in [4.69, 9.17) is 11.6 Å². The Hall–Kier alpha value is -2.66. The SMILES string of the molecule is O=C1CC(c2ccccc2)C2(C(=O)NNC2=O)C(c2ccc(Cl)cc2)C1. The van der Waals surface area contributed by atoms with Crippen LogP contribution in [0.1, 0.15) is 35.8 Å². The minimum atomic E-state index is -1.36. The summed E-state index contributed by atoms with van der Waals surface area (Å²) in [6.45, 7) is 0. The van der Waals surface area contributed by atoms with Gasteiger partial charge in [-0.25, -0.2) is 0 Å². The molecule has 2 aromatic rings. The van der Waals surface area contributed by atoms with Gasteiger partial charge in [0.15, 0.2) is 0 Å². The number of carbonyl (C=O) groups excluding carboxylic acids is 3. The van der Waals surface area contributed by atoms with Crippen molar-refractivity contribution >= 4 is 29.2 Å². The zero-order chi connectivity index (χ0) is 18.3. The third-order valence-corrected chi connectivity index (χ3v) is 5.73. The van der Waals surface area contributed by atoms with Crippen molar-refractivity contribution in [1.82, 2.24) is 10.9 Å². The van der Waals surface area contributed by atoms with Gasteiger partial charge in [-0.15, -0.1) is 0 Å². The normalized spacial score (nSPS) is 24.4. The van der Waals surface area contributed by atoms with E-state index in [1.54, 1.807) is 24.3 Å². The van der Waals surface area contributed by atoms with Crippen molar-refractivity contribution in [3.05, 3.63) is 70.7 Å². The number of rotatable bonds is 2. The van der Waals surface area contributed by atoms with E-state index in [1.807, 2.05) is 30.3 Å². The molecule has 0 aromatic heterocycles. The van der Waals surface area contributed by atoms with Crippen molar-refractivity contribution in [1.29, 1.82) is 0 Å². The lowest BCUT2D eigenvalue weighted by Gasteiger charge is -2.42. The Morgan fingerprint density at radius 1 is 0.769 bits per heavy atom. The zero-order valence-electron chi connectivity index (χ0n) is 13.9. The van der Waals surface area contributed by atoms with Gasteiger partial charge in [-0.05, 0) is 23.3 Å². The highest BCUT2D eigenvalue weighted by Gasteiger charge is 2.63. The summed E-state index contributed by atoms with van der Waals surface area (Å²) in [5.41, 5.74) is 5.17. The second kappa shape index (κ2) is 6.25. The summed E-state index contributed by atoms with van der Waals surface area (Å²) in [7, 11) is 0. The lowest BCUT2D eigenvalue weighted by Crippen LogP contribution is -2.50. The van der Waals surface area contributed by atoms with E-state index < -0.39 is 17.3 Å². The maximum Gasteiger partial charge on any atom is 0.255 e. The van der Waals surface area contributed by atoms with Gasteiger partial charge in [-0.2, -0.15) is 0 Å². The molecule has 2 amide bonds. The standard InChI is InChI=1S/C20H17ClN2O3/c21-14-8-6-13(7-9-14)17-11-15(24)10-16(12-4-2-1-3-5-12)20(17)18(25)22-23-19(20)26/h1-9,16-17H,10-11H2,(H,22,25)(H,23,26). The molecule has 4 rings (SSSR count). The first-order valence-electron chi connectivity index (χ1n) is 8.46. The van der Waals surface area contributed by atoms with Gasteiger partial charge in [0.1, 0.15) is 11.2 Å². The second-order valence-electron chi connectivity index (χ2n) is 6.79. The molecular weight excluding hydrogens is 352 g/mol. The van der Waals surface area contributed by atoms with Gasteiger partial charge in [0.25, 0.3) is 11.8 Å². The molecule has 1 aliphatic heterocycles. The molecule has 132 valence electrons. The molecule has 2 N–H and O–H groups in total. The third kappa shape index (κ3) is 2.42. The minimum absolute atomic E-state index is 0.0388. The maximum absolute atomic E-state index is 13.0. The number of Topliss-reactive ketones (excluding diaryl/α,β-unsaturated/α-hetero) is 1. The first kappa shape index (κ1) is 16.8. The lowest BCUT2D eigenvalue weighted by molar-refractivity contribution is -0.143. The number of amides is 2. The summed E-state index contributed by atoms with van der Waals surface area (Å²) < 4.78 is 0. The number of hydrazine groups is 1. The lowest BCUT2D eigenvalue weighted by atomic mass is 9.55. The van der Waals surface area contributed by atoms with Crippen LogP contribution >= 0.6 is 11.6 Å². The predicted octanol–water partition coefficient (Wildman–Crippen LogP) is 2.72. The van der Waals surface area contributed by atoms with Crippen LogP contribution in [-0.2, 0) is 14.4 Å². The molecule has 26 heavy (non-hydrogen) atoms. The molecule has 1 aliphatic carbocycles. The fourth-order valence-electron chi connectivity index (χ4n) is 4.30. The Balaban J connectivity index is 1.92. The first-order valence-corrected chi connectivity index (χ1v) is 8.84. The molecule has 1 heterocycles. The summed E-state index contributed by atoms with van der Waals surface area (Å²) in [4.78, 5) is 38.5. The van der Waals surface area contributed by atoms with Crippen molar-refractivity contribution in [3.63, 3.8) is 0 Å². The molecule has 0 radical (unpaired) electrons. The van der Waals surface area contributed by atoms with Gasteiger partial charge in [0, 0.05) is 29.7 Å². The molecule has 6 heteroatoms. The summed E-state index contributed by atoms with van der Waals surface area (Å²) in [6, 6.07) is 16.3. The Labute approximate surface area is 155 Å². The van der Waals surface area contributed by atoms with Crippen molar-refractivity contribution in [2.24, 2.45) is 5.41 Å². The summed E-state index contributed by atoms with van der Waals surface area (Å²) in [5.74, 6) is -1.80. The fraction of sp³-hybridized carbons (Fsp3) is 0.250. The maximum atomic E-state index is 13.0. The average Bonchev–Trinajstić information content (AvgIpc) is 2.94. The van der Waals surface area contributed by atoms with E-state index in [0.29, 0.717) is 5.02 Å². The number of ketones is 1. The molecule has 2 atom stereocenters. The van der Waals surface area contributed by atoms with Gasteiger partial charge >= 0.3 is 0 Å². The van der Waals surface area contributed by atoms with Gasteiger partial charge < -0.3 is 0 Å². The van der Waals surface area contributed by atoms with Crippen LogP contribution < -0.4 is 10.9 Å². The number of nitrogens with one attached hydrogen (secondary N) is 2. The van der Waals surface area contributed by atoms with E-state index >= 15 is 0 Å². The van der Waals surface area contributed by atoms with Crippen LogP contribution in [0.5, 0.6) is 0 Å². The Morgan fingerprint density at radius 3 is 1.81 bits per heavy atom. The van der Waals surface area contributed by atoms with Crippen LogP contribution in [0.15, 0.2) is 54.6 Å². The highest BCUT2D eigenvalue weighted by molar-refractivity contribution is 6.30. The number of hydrogen-bond acceptors (Lipinski definition) is 3. The molecule has 1 saturated carbocycles. The summed E-state index contributed by atoms with van der Waals surface area (Å²) in [5, 5.41) is 0.560. The Morgan fingerprint density at radius 2 is 1.27 bits per heavy atom. The van der Waals surface area contributed by atoms with Crippen LogP contribution in [0.2, 0.25) is 5.02 Å². The zero-order valence-corrected chi connectivity index (χ0v) is 14.6. The molecule has 2 unspecified atom stereocenters. The highest BCUT2D eigenvalue weighted by Crippen LogP contribution is 2.55. The molecule has 2 aliphatic rings. The first-order chi connectivity index (χ1) is 12.5. The Bertz CT molecular complexity index is 864. The number of carbonyl (C=O) groups is 3. The van der Waals surface area contributed by atoms with E-state index in [1.165, 1.54) is 0 Å². The topological polar surface area (TPSA) is 75.3 Å². The van der Waals surface area contributed by atoms with Crippen molar-refractivity contribution in [2.75, 3.05) is 0 Å². The van der Waals surface area contributed by atoms with Gasteiger partial charge in [-0.1, -0.05) is 54.1 Å². The van der Waals surface area contributed by atoms with Crippen LogP contribution in [-0.4, -0.2) is 17.6 Å². The molecule has 2 aromatic carbocycles. The molecule has 5 nitrogen and oxygen atoms in total. The van der Waals surface area contributed by atoms with E-state index in [2.05, 4.69) is 10.9 Å². The van der Waals surface area contributed by atoms with E-state index in [-0.39, 0.29) is 30.4 Å². The molecule has 0 bridgehead atoms. The summed E-state index contributed by atoms with van der Waals surface area (Å²) in [6.07, 6.45) is 0.306. The molecule has 1 spiro atoms. The van der Waals surface area contributed by atoms with Gasteiger partial charge in [0.05, 0.1) is 0 Å². The quantitative estimate of drug-likeness (QED) is 0.800. The number of hydrogen-bond donors (Lipinski definition) is 2. The molecular formula is C20H17ClN2O3. The minimum Gasteiger partial charge on any atom is -0.300 e. The monoisotopic (exact) mass is 368 g/mol. The smallest absolute Gasteiger partial charge is 0.255 e. The fourth-order valence-corrected chi connectivity index (χ4v) is 4.43. The predicted molar refractivity (Wildman–Crippen MR) is 96.3 cm³/mol. The highest BCUT2D eigenvalue weighted by atomic mass is 35.5. The van der Waals surface area contributed by atoms with Crippen molar-refractivity contribution < 1.29 is 14.4 Å². The van der Waals surface area contributed by atoms with Crippen molar-refractivity contribution in [2.45, 2.75) is 24.7 Å². The van der Waals surface area contributed by atoms with Gasteiger partial charge in [0.2, 0.25) is 0 Å². The Kier molecular flexibility index (Phi) is 4.04. The van der Waals surface area contributed by atoms with Crippen molar-refractivity contribution in [3.8, 4) is 0 Å². The molecule has 1 saturated heterocycles. The van der Waals surface area contributed by atoms with Crippen LogP contribution in [0.25, 0.3) is 0 Å². The van der Waals surface area contributed by atoms with Crippen LogP contribution in [0.4, 0.5) is 0 Å². The number of benzene rings is 2. The number of halogens is 1. The third-order valence-electron chi connectivity index (χ3n) is 5.48. The summed E-state index contributed by atoms with van der Waals surface area (Å²) >= 11 is 5.99. The van der Waals surface area contributed by atoms with Crippen LogP contribution in [0.3, 0.4) is 0 Å². The second-order valence-corrected chi connectivity index (χ2v) is 7.23. The molecule has 2 fully saturated rings. The van der Waals surface area contributed by atoms with E-state index in [0.717, 1.165) is 11.1 Å². The largest absolute Gasteiger partial charge is 0.300 e. The van der Waals surface area contributed by atoms with Gasteiger partial charge in [-0.3, -0.25) is 25.2 Å². The average molecular weight is 369 g/mol.